The molecule has 3 N–H and O–H groups in total. The summed E-state index contributed by atoms with van der Waals surface area (Å²) in [6.45, 7) is -0.263. The third-order valence-electron chi connectivity index (χ3n) is 5.46. The number of anilines is 1. The highest BCUT2D eigenvalue weighted by molar-refractivity contribution is 6.11. The Balaban J connectivity index is 1.53. The van der Waals surface area contributed by atoms with E-state index >= 15 is 0 Å². The number of rotatable bonds is 4. The summed E-state index contributed by atoms with van der Waals surface area (Å²) in [5, 5.41) is 25.9. The number of aliphatic hydroxyl groups excluding tert-OH is 1. The lowest BCUT2D eigenvalue weighted by Gasteiger charge is -2.12. The van der Waals surface area contributed by atoms with E-state index in [-0.39, 0.29) is 18.1 Å². The number of hydrogen-bond acceptors (Lipinski definition) is 5. The van der Waals surface area contributed by atoms with Crippen LogP contribution in [0.4, 0.5) is 5.69 Å². The monoisotopic (exact) mass is 425 g/mol. The van der Waals surface area contributed by atoms with Gasteiger partial charge in [-0.1, -0.05) is 42.5 Å². The summed E-state index contributed by atoms with van der Waals surface area (Å²) >= 11 is 0. The van der Waals surface area contributed by atoms with Gasteiger partial charge in [-0.05, 0) is 29.8 Å². The molecule has 0 atom stereocenters. The first kappa shape index (κ1) is 19.7. The molecule has 0 saturated carbocycles. The van der Waals surface area contributed by atoms with Gasteiger partial charge in [-0.3, -0.25) is 14.3 Å². The van der Waals surface area contributed by atoms with Crippen LogP contribution < -0.4 is 10.9 Å². The van der Waals surface area contributed by atoms with Crippen molar-refractivity contribution in [3.05, 3.63) is 88.3 Å². The standard InChI is InChI=1S/C24H19N5O3/c1-29-20-9-5-4-8-19(20)22(28-29)24(32)25-15-10-11-16(14(12-15)13-30)21-17-6-2-3-7-18(17)23(31)27-26-21/h2-12,30H,13H2,1H3,(H,25,32)(H,27,31). The quantitative estimate of drug-likeness (QED) is 0.409. The molecule has 0 radical (unpaired) electrons. The molecule has 2 heterocycles. The number of hydrogen-bond donors (Lipinski definition) is 3. The zero-order valence-electron chi connectivity index (χ0n) is 17.2. The van der Waals surface area contributed by atoms with Gasteiger partial charge in [-0.2, -0.15) is 10.2 Å². The highest BCUT2D eigenvalue weighted by Crippen LogP contribution is 2.30. The number of benzene rings is 3. The minimum absolute atomic E-state index is 0.263. The lowest BCUT2D eigenvalue weighted by atomic mass is 9.99. The first-order valence-corrected chi connectivity index (χ1v) is 10.0. The van der Waals surface area contributed by atoms with Crippen molar-refractivity contribution in [1.82, 2.24) is 20.0 Å². The Bertz CT molecular complexity index is 1550. The van der Waals surface area contributed by atoms with Crippen molar-refractivity contribution < 1.29 is 9.90 Å². The summed E-state index contributed by atoms with van der Waals surface area (Å²) in [4.78, 5) is 25.0. The van der Waals surface area contributed by atoms with E-state index in [1.165, 1.54) is 0 Å². The highest BCUT2D eigenvalue weighted by atomic mass is 16.3. The van der Waals surface area contributed by atoms with Gasteiger partial charge in [0.2, 0.25) is 0 Å². The van der Waals surface area contributed by atoms with Crippen molar-refractivity contribution in [2.45, 2.75) is 6.61 Å². The molecule has 0 aliphatic carbocycles. The number of carbonyl (C=O) groups is 1. The van der Waals surface area contributed by atoms with Crippen LogP contribution in [0.1, 0.15) is 16.1 Å². The van der Waals surface area contributed by atoms with Crippen molar-refractivity contribution in [2.75, 3.05) is 5.32 Å². The second kappa shape index (κ2) is 7.75. The van der Waals surface area contributed by atoms with Crippen LogP contribution in [0.15, 0.2) is 71.5 Å². The minimum Gasteiger partial charge on any atom is -0.392 e. The Kier molecular flexibility index (Phi) is 4.76. The number of para-hydroxylation sites is 1. The fourth-order valence-electron chi connectivity index (χ4n) is 3.93. The number of carbonyl (C=O) groups excluding carboxylic acids is 1. The van der Waals surface area contributed by atoms with E-state index in [9.17, 15) is 14.7 Å². The molecule has 32 heavy (non-hydrogen) atoms. The summed E-state index contributed by atoms with van der Waals surface area (Å²) in [6, 6.07) is 19.9. The van der Waals surface area contributed by atoms with E-state index in [4.69, 9.17) is 0 Å². The molecule has 0 aliphatic rings. The molecule has 5 aromatic rings. The topological polar surface area (TPSA) is 113 Å². The van der Waals surface area contributed by atoms with Gasteiger partial charge in [-0.15, -0.1) is 0 Å². The van der Waals surface area contributed by atoms with E-state index in [1.807, 2.05) is 36.4 Å². The average molecular weight is 425 g/mol. The largest absolute Gasteiger partial charge is 0.392 e. The van der Waals surface area contributed by atoms with Crippen LogP contribution in [0.25, 0.3) is 32.9 Å². The van der Waals surface area contributed by atoms with Gasteiger partial charge in [-0.25, -0.2) is 5.10 Å². The van der Waals surface area contributed by atoms with Gasteiger partial charge < -0.3 is 10.4 Å². The zero-order valence-corrected chi connectivity index (χ0v) is 17.2. The Morgan fingerprint density at radius 2 is 1.75 bits per heavy atom. The number of nitrogens with one attached hydrogen (secondary N) is 2. The fourth-order valence-corrected chi connectivity index (χ4v) is 3.93. The van der Waals surface area contributed by atoms with Crippen molar-refractivity contribution in [3.63, 3.8) is 0 Å². The van der Waals surface area contributed by atoms with Crippen LogP contribution in [0.2, 0.25) is 0 Å². The van der Waals surface area contributed by atoms with E-state index in [0.717, 1.165) is 10.9 Å². The number of amides is 1. The van der Waals surface area contributed by atoms with Gasteiger partial charge in [0, 0.05) is 29.1 Å². The van der Waals surface area contributed by atoms with Gasteiger partial charge in [0.1, 0.15) is 0 Å². The third kappa shape index (κ3) is 3.23. The Morgan fingerprint density at radius 3 is 2.53 bits per heavy atom. The molecule has 0 unspecified atom stereocenters. The molecule has 0 fully saturated rings. The summed E-state index contributed by atoms with van der Waals surface area (Å²) in [7, 11) is 1.79. The molecule has 0 aliphatic heterocycles. The van der Waals surface area contributed by atoms with E-state index in [2.05, 4.69) is 20.6 Å². The molecular weight excluding hydrogens is 406 g/mol. The molecule has 158 valence electrons. The molecule has 8 heteroatoms. The number of fused-ring (bicyclic) bond motifs is 2. The molecule has 1 amide bonds. The summed E-state index contributed by atoms with van der Waals surface area (Å²) in [5.41, 5.74) is 3.22. The maximum absolute atomic E-state index is 12.9. The molecular formula is C24H19N5O3. The van der Waals surface area contributed by atoms with Crippen LogP contribution in [0.3, 0.4) is 0 Å². The molecule has 8 nitrogen and oxygen atoms in total. The predicted molar refractivity (Wildman–Crippen MR) is 122 cm³/mol. The van der Waals surface area contributed by atoms with E-state index in [0.29, 0.717) is 39.0 Å². The van der Waals surface area contributed by atoms with Crippen molar-refractivity contribution in [2.24, 2.45) is 7.05 Å². The lowest BCUT2D eigenvalue weighted by molar-refractivity contribution is 0.102. The summed E-state index contributed by atoms with van der Waals surface area (Å²) in [5.74, 6) is -0.342. The second-order valence-corrected chi connectivity index (χ2v) is 7.42. The molecule has 3 aromatic carbocycles. The van der Waals surface area contributed by atoms with Crippen LogP contribution in [0.5, 0.6) is 0 Å². The fraction of sp³-hybridized carbons (Fsp3) is 0.0833. The highest BCUT2D eigenvalue weighted by Gasteiger charge is 2.17. The Hall–Kier alpha value is -4.30. The first-order chi connectivity index (χ1) is 15.6. The van der Waals surface area contributed by atoms with Gasteiger partial charge in [0.15, 0.2) is 5.69 Å². The number of aliphatic hydroxyl groups is 1. The molecule has 2 aromatic heterocycles. The summed E-state index contributed by atoms with van der Waals surface area (Å²) in [6.07, 6.45) is 0. The molecule has 0 spiro atoms. The van der Waals surface area contributed by atoms with E-state index < -0.39 is 0 Å². The Labute approximate surface area is 182 Å². The maximum Gasteiger partial charge on any atom is 0.276 e. The van der Waals surface area contributed by atoms with Crippen LogP contribution in [-0.2, 0) is 13.7 Å². The molecule has 0 bridgehead atoms. The normalized spacial score (nSPS) is 11.2. The molecule has 0 saturated heterocycles. The minimum atomic E-state index is -0.342. The SMILES string of the molecule is Cn1nc(C(=O)Nc2ccc(-c3n[nH]c(=O)c4ccccc34)c(CO)c2)c2ccccc21. The number of aromatic amines is 1. The van der Waals surface area contributed by atoms with Crippen molar-refractivity contribution in [1.29, 1.82) is 0 Å². The first-order valence-electron chi connectivity index (χ1n) is 10.0. The van der Waals surface area contributed by atoms with Crippen LogP contribution >= 0.6 is 0 Å². The number of aryl methyl sites for hydroxylation is 1. The maximum atomic E-state index is 12.9. The van der Waals surface area contributed by atoms with E-state index in [1.54, 1.807) is 42.1 Å². The third-order valence-corrected chi connectivity index (χ3v) is 5.46. The van der Waals surface area contributed by atoms with Crippen LogP contribution in [0, 0.1) is 0 Å². The van der Waals surface area contributed by atoms with Crippen molar-refractivity contribution >= 4 is 33.3 Å². The number of aromatic nitrogens is 4. The molecule has 5 rings (SSSR count). The number of H-pyrrole nitrogens is 1. The zero-order chi connectivity index (χ0) is 22.2. The second-order valence-electron chi connectivity index (χ2n) is 7.42. The summed E-state index contributed by atoms with van der Waals surface area (Å²) < 4.78 is 1.67. The van der Waals surface area contributed by atoms with Gasteiger partial charge in [0.25, 0.3) is 11.5 Å². The smallest absolute Gasteiger partial charge is 0.276 e. The van der Waals surface area contributed by atoms with Gasteiger partial charge >= 0.3 is 0 Å². The predicted octanol–water partition coefficient (Wildman–Crippen LogP) is 3.22. The number of nitrogens with zero attached hydrogens (tertiary/aromatic N) is 3. The van der Waals surface area contributed by atoms with Crippen LogP contribution in [-0.4, -0.2) is 31.0 Å². The van der Waals surface area contributed by atoms with Gasteiger partial charge in [0.05, 0.1) is 23.2 Å². The lowest BCUT2D eigenvalue weighted by Crippen LogP contribution is -2.14. The average Bonchev–Trinajstić information content (AvgIpc) is 3.16. The van der Waals surface area contributed by atoms with Crippen molar-refractivity contribution in [3.8, 4) is 11.3 Å². The Morgan fingerprint density at radius 1 is 1.03 bits per heavy atom.